The molecule has 4 heteroatoms. The van der Waals surface area contributed by atoms with Crippen molar-refractivity contribution in [2.75, 3.05) is 0 Å². The molecular formula is C32H24IrNO2-. The Bertz CT molecular complexity index is 1750. The van der Waals surface area contributed by atoms with Crippen molar-refractivity contribution in [3.8, 4) is 11.3 Å². The third-order valence-corrected chi connectivity index (χ3v) is 5.97. The molecule has 0 aliphatic heterocycles. The molecule has 0 amide bonds. The minimum atomic E-state index is -0.125. The van der Waals surface area contributed by atoms with E-state index in [1.165, 1.54) is 52.2 Å². The van der Waals surface area contributed by atoms with Gasteiger partial charge in [-0.3, -0.25) is 9.78 Å². The van der Waals surface area contributed by atoms with Crippen molar-refractivity contribution in [2.24, 2.45) is 0 Å². The van der Waals surface area contributed by atoms with E-state index < -0.39 is 0 Å². The maximum absolute atomic E-state index is 10.0. The molecule has 6 aromatic rings. The summed E-state index contributed by atoms with van der Waals surface area (Å²) >= 11 is 0. The van der Waals surface area contributed by atoms with Crippen molar-refractivity contribution in [2.45, 2.75) is 13.8 Å². The number of aliphatic hydroxyl groups excluding tert-OH is 1. The quantitative estimate of drug-likeness (QED) is 0.0894. The number of carbonyl (C=O) groups excluding carboxylic acids is 1. The van der Waals surface area contributed by atoms with E-state index >= 15 is 0 Å². The van der Waals surface area contributed by atoms with Crippen LogP contribution in [0, 0.1) is 6.07 Å². The van der Waals surface area contributed by atoms with Crippen molar-refractivity contribution in [1.29, 1.82) is 0 Å². The Balaban J connectivity index is 0.000000338. The number of aromatic nitrogens is 1. The zero-order chi connectivity index (χ0) is 24.4. The van der Waals surface area contributed by atoms with E-state index in [4.69, 9.17) is 10.1 Å². The smallest absolute Gasteiger partial charge is 0.155 e. The van der Waals surface area contributed by atoms with Gasteiger partial charge < -0.3 is 5.11 Å². The number of carbonyl (C=O) groups is 1. The van der Waals surface area contributed by atoms with Crippen molar-refractivity contribution in [1.82, 2.24) is 4.98 Å². The molecule has 3 nitrogen and oxygen atoms in total. The average molecular weight is 647 g/mol. The fourth-order valence-corrected chi connectivity index (χ4v) is 4.50. The second kappa shape index (κ2) is 10.8. The summed E-state index contributed by atoms with van der Waals surface area (Å²) in [5.41, 5.74) is 2.02. The molecule has 0 aliphatic carbocycles. The molecule has 5 aromatic carbocycles. The van der Waals surface area contributed by atoms with Crippen LogP contribution in [0.3, 0.4) is 0 Å². The first kappa shape index (κ1) is 25.2. The first-order chi connectivity index (χ1) is 17.0. The van der Waals surface area contributed by atoms with Crippen LogP contribution < -0.4 is 0 Å². The standard InChI is InChI=1S/C27H16N.C5H8O2.Ir/c1-3-9-21-18(7-1)13-14-20-17-28-27(16-25(20)21)26-15-19-8-2-4-10-22(19)23-11-5-6-12-24(23)26;1-4(6)3-5(2)7;/h1-14,16-17H;3,6H,1-2H3;/q-1;;/b;4-3-;. The molecule has 0 saturated carbocycles. The van der Waals surface area contributed by atoms with Gasteiger partial charge in [0.2, 0.25) is 0 Å². The fourth-order valence-electron chi connectivity index (χ4n) is 4.50. The van der Waals surface area contributed by atoms with E-state index in [1.807, 2.05) is 6.20 Å². The molecule has 6 rings (SSSR count). The van der Waals surface area contributed by atoms with Gasteiger partial charge in [0.05, 0.1) is 5.76 Å². The molecule has 1 aromatic heterocycles. The molecular weight excluding hydrogens is 623 g/mol. The van der Waals surface area contributed by atoms with E-state index in [9.17, 15) is 4.79 Å². The Morgan fingerprint density at radius 3 is 2.06 bits per heavy atom. The van der Waals surface area contributed by atoms with Crippen molar-refractivity contribution in [3.63, 3.8) is 0 Å². The Kier molecular flexibility index (Phi) is 7.59. The summed E-state index contributed by atoms with van der Waals surface area (Å²) in [6, 6.07) is 35.7. The van der Waals surface area contributed by atoms with E-state index in [2.05, 4.69) is 97.1 Å². The second-order valence-electron chi connectivity index (χ2n) is 8.56. The minimum absolute atomic E-state index is 0. The summed E-state index contributed by atoms with van der Waals surface area (Å²) in [7, 11) is 0. The van der Waals surface area contributed by atoms with Gasteiger partial charge in [-0.05, 0) is 35.4 Å². The van der Waals surface area contributed by atoms with Crippen LogP contribution in [0.1, 0.15) is 13.8 Å². The van der Waals surface area contributed by atoms with Gasteiger partial charge in [-0.25, -0.2) is 0 Å². The minimum Gasteiger partial charge on any atom is -0.512 e. The van der Waals surface area contributed by atoms with Gasteiger partial charge in [0.25, 0.3) is 0 Å². The van der Waals surface area contributed by atoms with Gasteiger partial charge in [-0.1, -0.05) is 107 Å². The van der Waals surface area contributed by atoms with Crippen LogP contribution in [0.2, 0.25) is 0 Å². The van der Waals surface area contributed by atoms with Crippen LogP contribution in [-0.4, -0.2) is 15.9 Å². The summed E-state index contributed by atoms with van der Waals surface area (Å²) in [6.07, 6.45) is 3.15. The maximum atomic E-state index is 10.0. The largest absolute Gasteiger partial charge is 0.512 e. The predicted molar refractivity (Wildman–Crippen MR) is 146 cm³/mol. The van der Waals surface area contributed by atoms with E-state index in [1.54, 1.807) is 0 Å². The average Bonchev–Trinajstić information content (AvgIpc) is 2.87. The zero-order valence-electron chi connectivity index (χ0n) is 20.0. The SMILES string of the molecule is CC(=O)/C=C(/C)O.[Ir].[c-]1c(-c2cc3c(ccc4ccccc43)cn2)c2ccccc2c2ccccc12. The second-order valence-corrected chi connectivity index (χ2v) is 8.56. The summed E-state index contributed by atoms with van der Waals surface area (Å²) < 4.78 is 0. The van der Waals surface area contributed by atoms with Crippen molar-refractivity contribution >= 4 is 48.9 Å². The fraction of sp³-hybridized carbons (Fsp3) is 0.0625. The number of ketones is 1. The van der Waals surface area contributed by atoms with Crippen LogP contribution in [0.5, 0.6) is 0 Å². The predicted octanol–water partition coefficient (Wildman–Crippen LogP) is 8.20. The molecule has 1 radical (unpaired) electrons. The molecule has 1 N–H and O–H groups in total. The molecule has 0 unspecified atom stereocenters. The molecule has 1 heterocycles. The van der Waals surface area contributed by atoms with Crippen molar-refractivity contribution < 1.29 is 30.0 Å². The Morgan fingerprint density at radius 1 is 0.750 bits per heavy atom. The summed E-state index contributed by atoms with van der Waals surface area (Å²) in [5, 5.41) is 18.0. The number of hydrogen-bond acceptors (Lipinski definition) is 3. The number of aliphatic hydroxyl groups is 1. The van der Waals surface area contributed by atoms with Gasteiger partial charge in [0.15, 0.2) is 5.78 Å². The molecule has 0 spiro atoms. The van der Waals surface area contributed by atoms with Gasteiger partial charge in [-0.15, -0.1) is 17.5 Å². The number of rotatable bonds is 2. The molecule has 179 valence electrons. The third kappa shape index (κ3) is 5.06. The number of hydrogen-bond donors (Lipinski definition) is 1. The van der Waals surface area contributed by atoms with Gasteiger partial charge in [0, 0.05) is 38.1 Å². The van der Waals surface area contributed by atoms with Gasteiger partial charge in [-0.2, -0.15) is 0 Å². The number of fused-ring (bicyclic) bond motifs is 6. The molecule has 0 saturated heterocycles. The number of allylic oxidation sites excluding steroid dienone is 2. The normalized spacial score (nSPS) is 11.2. The first-order valence-electron chi connectivity index (χ1n) is 11.5. The van der Waals surface area contributed by atoms with Gasteiger partial charge >= 0.3 is 0 Å². The third-order valence-electron chi connectivity index (χ3n) is 5.97. The molecule has 0 aliphatic rings. The topological polar surface area (TPSA) is 50.2 Å². The van der Waals surface area contributed by atoms with Crippen LogP contribution >= 0.6 is 0 Å². The number of benzene rings is 5. The summed E-state index contributed by atoms with van der Waals surface area (Å²) in [4.78, 5) is 14.8. The molecule has 0 fully saturated rings. The zero-order valence-corrected chi connectivity index (χ0v) is 22.3. The monoisotopic (exact) mass is 647 g/mol. The van der Waals surface area contributed by atoms with Crippen LogP contribution in [0.15, 0.2) is 109 Å². The number of nitrogens with zero attached hydrogens (tertiary/aromatic N) is 1. The van der Waals surface area contributed by atoms with Crippen LogP contribution in [0.25, 0.3) is 54.3 Å². The van der Waals surface area contributed by atoms with E-state index in [0.717, 1.165) is 22.0 Å². The van der Waals surface area contributed by atoms with Crippen LogP contribution in [-0.2, 0) is 24.9 Å². The first-order valence-corrected chi connectivity index (χ1v) is 11.5. The Labute approximate surface area is 223 Å². The van der Waals surface area contributed by atoms with Gasteiger partial charge in [0.1, 0.15) is 0 Å². The number of pyridine rings is 1. The van der Waals surface area contributed by atoms with Crippen LogP contribution in [0.4, 0.5) is 0 Å². The molecule has 36 heavy (non-hydrogen) atoms. The van der Waals surface area contributed by atoms with E-state index in [0.29, 0.717) is 0 Å². The summed E-state index contributed by atoms with van der Waals surface area (Å²) in [5.74, 6) is -0.0625. The summed E-state index contributed by atoms with van der Waals surface area (Å²) in [6.45, 7) is 2.85. The van der Waals surface area contributed by atoms with Crippen molar-refractivity contribution in [3.05, 3.63) is 115 Å². The molecule has 0 atom stereocenters. The Morgan fingerprint density at radius 2 is 1.36 bits per heavy atom. The molecule has 0 bridgehead atoms. The Hall–Kier alpha value is -3.85. The maximum Gasteiger partial charge on any atom is 0.155 e. The van der Waals surface area contributed by atoms with E-state index in [-0.39, 0.29) is 31.6 Å².